The van der Waals surface area contributed by atoms with Crippen molar-refractivity contribution in [3.8, 4) is 0 Å². The number of nitrogens with one attached hydrogen (secondary N) is 1. The van der Waals surface area contributed by atoms with Crippen molar-refractivity contribution in [2.45, 2.75) is 38.0 Å². The number of hydrogen-bond acceptors (Lipinski definition) is 4. The van der Waals surface area contributed by atoms with Gasteiger partial charge in [0.2, 0.25) is 0 Å². The molecule has 1 unspecified atom stereocenters. The molecule has 1 fully saturated rings. The van der Waals surface area contributed by atoms with E-state index in [1.807, 2.05) is 12.1 Å². The average molecular weight is 306 g/mol. The number of esters is 1. The Balaban J connectivity index is 1.99. The largest absolute Gasteiger partial charge is 0.465 e. The van der Waals surface area contributed by atoms with Gasteiger partial charge >= 0.3 is 5.97 Å². The van der Waals surface area contributed by atoms with Gasteiger partial charge in [-0.2, -0.15) is 0 Å². The molecule has 1 atom stereocenters. The summed E-state index contributed by atoms with van der Waals surface area (Å²) in [4.78, 5) is 17.1. The minimum atomic E-state index is -0.616. The van der Waals surface area contributed by atoms with Crippen LogP contribution in [0.15, 0.2) is 24.4 Å². The molecule has 4 nitrogen and oxygen atoms in total. The SMILES string of the molecule is CNC(=S)C(C(=O)OCC1CCCCC1)c1ccccn1. The fourth-order valence-electron chi connectivity index (χ4n) is 2.69. The zero-order valence-corrected chi connectivity index (χ0v) is 13.2. The maximum absolute atomic E-state index is 12.4. The molecule has 0 radical (unpaired) electrons. The lowest BCUT2D eigenvalue weighted by Gasteiger charge is -2.23. The molecular weight excluding hydrogens is 284 g/mol. The molecule has 1 N–H and O–H groups in total. The summed E-state index contributed by atoms with van der Waals surface area (Å²) >= 11 is 5.25. The van der Waals surface area contributed by atoms with Gasteiger partial charge in [-0.05, 0) is 30.9 Å². The summed E-state index contributed by atoms with van der Waals surface area (Å²) in [6.45, 7) is 0.495. The van der Waals surface area contributed by atoms with Gasteiger partial charge in [0.05, 0.1) is 17.3 Å². The lowest BCUT2D eigenvalue weighted by molar-refractivity contribution is -0.145. The van der Waals surface area contributed by atoms with Crippen LogP contribution in [0.1, 0.15) is 43.7 Å². The number of thiocarbonyl (C=S) groups is 1. The molecule has 1 aromatic heterocycles. The van der Waals surface area contributed by atoms with Crippen molar-refractivity contribution in [1.29, 1.82) is 0 Å². The van der Waals surface area contributed by atoms with Gasteiger partial charge in [0.15, 0.2) is 0 Å². The molecule has 0 amide bonds. The Morgan fingerprint density at radius 2 is 2.19 bits per heavy atom. The van der Waals surface area contributed by atoms with Gasteiger partial charge in [-0.15, -0.1) is 0 Å². The summed E-state index contributed by atoms with van der Waals surface area (Å²) in [5.41, 5.74) is 0.630. The van der Waals surface area contributed by atoms with Crippen molar-refractivity contribution in [2.75, 3.05) is 13.7 Å². The number of aromatic nitrogens is 1. The van der Waals surface area contributed by atoms with E-state index in [-0.39, 0.29) is 5.97 Å². The quantitative estimate of drug-likeness (QED) is 0.669. The number of ether oxygens (including phenoxy) is 1. The Bertz CT molecular complexity index is 472. The first-order valence-electron chi connectivity index (χ1n) is 7.51. The Labute approximate surface area is 131 Å². The molecule has 2 rings (SSSR count). The molecule has 1 heterocycles. The Morgan fingerprint density at radius 1 is 1.43 bits per heavy atom. The van der Waals surface area contributed by atoms with Gasteiger partial charge in [0.1, 0.15) is 5.92 Å². The fourth-order valence-corrected chi connectivity index (χ4v) is 2.91. The van der Waals surface area contributed by atoms with Crippen LogP contribution in [0.3, 0.4) is 0 Å². The normalized spacial score (nSPS) is 17.0. The van der Waals surface area contributed by atoms with Gasteiger partial charge in [0.25, 0.3) is 0 Å². The van der Waals surface area contributed by atoms with Crippen molar-refractivity contribution in [2.24, 2.45) is 5.92 Å². The van der Waals surface area contributed by atoms with E-state index < -0.39 is 5.92 Å². The van der Waals surface area contributed by atoms with Gasteiger partial charge in [-0.1, -0.05) is 37.5 Å². The first-order valence-corrected chi connectivity index (χ1v) is 7.92. The van der Waals surface area contributed by atoms with Crippen molar-refractivity contribution >= 4 is 23.2 Å². The fraction of sp³-hybridized carbons (Fsp3) is 0.562. The van der Waals surface area contributed by atoms with E-state index in [0.717, 1.165) is 12.8 Å². The predicted octanol–water partition coefficient (Wildman–Crippen LogP) is 2.84. The average Bonchev–Trinajstić information content (AvgIpc) is 2.55. The molecular formula is C16H22N2O2S. The molecule has 1 saturated carbocycles. The van der Waals surface area contributed by atoms with Crippen LogP contribution in [0.25, 0.3) is 0 Å². The van der Waals surface area contributed by atoms with E-state index in [4.69, 9.17) is 17.0 Å². The van der Waals surface area contributed by atoms with E-state index in [1.165, 1.54) is 19.3 Å². The summed E-state index contributed by atoms with van der Waals surface area (Å²) in [5, 5.41) is 2.87. The van der Waals surface area contributed by atoms with E-state index in [2.05, 4.69) is 10.3 Å². The topological polar surface area (TPSA) is 51.2 Å². The van der Waals surface area contributed by atoms with E-state index in [9.17, 15) is 4.79 Å². The number of carbonyl (C=O) groups excluding carboxylic acids is 1. The minimum Gasteiger partial charge on any atom is -0.465 e. The second-order valence-electron chi connectivity index (χ2n) is 5.44. The second kappa shape index (κ2) is 8.08. The molecule has 1 aromatic rings. The molecule has 5 heteroatoms. The maximum atomic E-state index is 12.4. The molecule has 114 valence electrons. The van der Waals surface area contributed by atoms with Crippen molar-refractivity contribution < 1.29 is 9.53 Å². The van der Waals surface area contributed by atoms with Crippen LogP contribution in [0, 0.1) is 5.92 Å². The highest BCUT2D eigenvalue weighted by Gasteiger charge is 2.28. The van der Waals surface area contributed by atoms with Gasteiger partial charge in [-0.3, -0.25) is 9.78 Å². The van der Waals surface area contributed by atoms with Crippen LogP contribution in [-0.4, -0.2) is 29.6 Å². The standard InChI is InChI=1S/C16H22N2O2S/c1-17-15(21)14(13-9-5-6-10-18-13)16(19)20-11-12-7-3-2-4-8-12/h5-6,9-10,12,14H,2-4,7-8,11H2,1H3,(H,17,21). The molecule has 21 heavy (non-hydrogen) atoms. The number of nitrogens with zero attached hydrogens (tertiary/aromatic N) is 1. The highest BCUT2D eigenvalue weighted by molar-refractivity contribution is 7.80. The molecule has 1 aliphatic carbocycles. The Kier molecular flexibility index (Phi) is 6.11. The summed E-state index contributed by atoms with van der Waals surface area (Å²) < 4.78 is 5.51. The van der Waals surface area contributed by atoms with Crippen LogP contribution in [0.5, 0.6) is 0 Å². The van der Waals surface area contributed by atoms with Crippen LogP contribution < -0.4 is 5.32 Å². The lowest BCUT2D eigenvalue weighted by Crippen LogP contribution is -2.32. The number of likely N-dealkylation sites (N-methyl/N-ethyl adjacent to an activating group) is 1. The van der Waals surface area contributed by atoms with Crippen LogP contribution in [0.2, 0.25) is 0 Å². The summed E-state index contributed by atoms with van der Waals surface area (Å²) in [7, 11) is 1.71. The van der Waals surface area contributed by atoms with Gasteiger partial charge in [0, 0.05) is 13.2 Å². The van der Waals surface area contributed by atoms with Crippen LogP contribution >= 0.6 is 12.2 Å². The third kappa shape index (κ3) is 4.49. The van der Waals surface area contributed by atoms with Crippen molar-refractivity contribution in [1.82, 2.24) is 10.3 Å². The van der Waals surface area contributed by atoms with Crippen LogP contribution in [0.4, 0.5) is 0 Å². The van der Waals surface area contributed by atoms with Gasteiger partial charge in [-0.25, -0.2) is 0 Å². The number of rotatable bonds is 5. The third-order valence-electron chi connectivity index (χ3n) is 3.91. The van der Waals surface area contributed by atoms with E-state index in [1.54, 1.807) is 19.3 Å². The molecule has 0 saturated heterocycles. The minimum absolute atomic E-state index is 0.307. The monoisotopic (exact) mass is 306 g/mol. The summed E-state index contributed by atoms with van der Waals surface area (Å²) in [5.74, 6) is -0.427. The van der Waals surface area contributed by atoms with Crippen molar-refractivity contribution in [3.05, 3.63) is 30.1 Å². The third-order valence-corrected chi connectivity index (χ3v) is 4.35. The lowest BCUT2D eigenvalue weighted by atomic mass is 9.90. The number of pyridine rings is 1. The first kappa shape index (κ1) is 15.9. The summed E-state index contributed by atoms with van der Waals surface area (Å²) in [6.07, 6.45) is 7.73. The molecule has 1 aliphatic rings. The Morgan fingerprint density at radius 3 is 2.81 bits per heavy atom. The maximum Gasteiger partial charge on any atom is 0.322 e. The van der Waals surface area contributed by atoms with Gasteiger partial charge < -0.3 is 10.1 Å². The molecule has 0 spiro atoms. The number of carbonyl (C=O) groups is 1. The smallest absolute Gasteiger partial charge is 0.322 e. The highest BCUT2D eigenvalue weighted by atomic mass is 32.1. The predicted molar refractivity (Wildman–Crippen MR) is 86.2 cm³/mol. The zero-order valence-electron chi connectivity index (χ0n) is 12.4. The number of hydrogen-bond donors (Lipinski definition) is 1. The Hall–Kier alpha value is -1.49. The zero-order chi connectivity index (χ0) is 15.1. The molecule has 0 bridgehead atoms. The highest BCUT2D eigenvalue weighted by Crippen LogP contribution is 2.25. The summed E-state index contributed by atoms with van der Waals surface area (Å²) in [6, 6.07) is 5.47. The van der Waals surface area contributed by atoms with E-state index in [0.29, 0.717) is 23.2 Å². The van der Waals surface area contributed by atoms with E-state index >= 15 is 0 Å². The first-order chi connectivity index (χ1) is 10.2. The molecule has 0 aromatic carbocycles. The van der Waals surface area contributed by atoms with Crippen LogP contribution in [-0.2, 0) is 9.53 Å². The second-order valence-corrected chi connectivity index (χ2v) is 5.88. The van der Waals surface area contributed by atoms with Crippen molar-refractivity contribution in [3.63, 3.8) is 0 Å². The molecule has 0 aliphatic heterocycles.